The maximum atomic E-state index is 8.38. The van der Waals surface area contributed by atoms with E-state index in [1.165, 1.54) is 31.3 Å². The molecule has 0 aromatic rings. The van der Waals surface area contributed by atoms with Crippen molar-refractivity contribution in [3.8, 4) is 6.07 Å². The van der Waals surface area contributed by atoms with Gasteiger partial charge in [0.25, 0.3) is 0 Å². The van der Waals surface area contributed by atoms with Crippen molar-refractivity contribution in [1.82, 2.24) is 0 Å². The van der Waals surface area contributed by atoms with Gasteiger partial charge in [-0.1, -0.05) is 18.4 Å². The molecule has 0 N–H and O–H groups in total. The van der Waals surface area contributed by atoms with Crippen molar-refractivity contribution in [2.45, 2.75) is 38.5 Å². The Kier molecular flexibility index (Phi) is 3.02. The molecule has 10 heavy (non-hydrogen) atoms. The van der Waals surface area contributed by atoms with Gasteiger partial charge in [-0.2, -0.15) is 5.26 Å². The summed E-state index contributed by atoms with van der Waals surface area (Å²) >= 11 is 0. The summed E-state index contributed by atoms with van der Waals surface area (Å²) in [6.07, 6.45) is 9.32. The van der Waals surface area contributed by atoms with Crippen molar-refractivity contribution < 1.29 is 0 Å². The minimum absolute atomic E-state index is 1.16. The molecule has 1 heteroatoms. The average Bonchev–Trinajstić information content (AvgIpc) is 2.17. The lowest BCUT2D eigenvalue weighted by Gasteiger charge is -1.96. The Hall–Kier alpha value is -0.770. The van der Waals surface area contributed by atoms with Crippen LogP contribution in [0.5, 0.6) is 0 Å². The predicted molar refractivity (Wildman–Crippen MR) is 41.4 cm³/mol. The van der Waals surface area contributed by atoms with E-state index < -0.39 is 0 Å². The molecule has 0 saturated heterocycles. The third kappa shape index (κ3) is 2.23. The minimum Gasteiger partial charge on any atom is -0.193 e. The van der Waals surface area contributed by atoms with Gasteiger partial charge < -0.3 is 0 Å². The van der Waals surface area contributed by atoms with Crippen LogP contribution in [0.15, 0.2) is 11.6 Å². The summed E-state index contributed by atoms with van der Waals surface area (Å²) < 4.78 is 0. The number of nitrogens with zero attached hydrogens (tertiary/aromatic N) is 1. The number of hydrogen-bond acceptors (Lipinski definition) is 1. The lowest BCUT2D eigenvalue weighted by atomic mass is 10.1. The molecule has 1 aliphatic carbocycles. The van der Waals surface area contributed by atoms with Gasteiger partial charge in [-0.3, -0.25) is 0 Å². The molecule has 1 rings (SSSR count). The molecule has 0 heterocycles. The minimum atomic E-state index is 1.16. The van der Waals surface area contributed by atoms with E-state index in [4.69, 9.17) is 5.26 Å². The van der Waals surface area contributed by atoms with Gasteiger partial charge >= 0.3 is 0 Å². The van der Waals surface area contributed by atoms with E-state index in [2.05, 4.69) is 6.07 Å². The molecule has 0 atom stereocenters. The van der Waals surface area contributed by atoms with Crippen LogP contribution in [0.25, 0.3) is 0 Å². The monoisotopic (exact) mass is 135 g/mol. The van der Waals surface area contributed by atoms with Crippen LogP contribution in [-0.2, 0) is 0 Å². The fraction of sp³-hybridized carbons (Fsp3) is 0.667. The van der Waals surface area contributed by atoms with Crippen molar-refractivity contribution in [1.29, 1.82) is 5.26 Å². The molecule has 1 aliphatic rings. The maximum absolute atomic E-state index is 8.38. The zero-order valence-electron chi connectivity index (χ0n) is 6.27. The molecule has 1 nitrogen and oxygen atoms in total. The Morgan fingerprint density at radius 3 is 2.20 bits per heavy atom. The van der Waals surface area contributed by atoms with Crippen molar-refractivity contribution in [2.75, 3.05) is 0 Å². The Labute approximate surface area is 62.4 Å². The average molecular weight is 135 g/mol. The van der Waals surface area contributed by atoms with Gasteiger partial charge in [0.15, 0.2) is 0 Å². The Balaban J connectivity index is 2.44. The first kappa shape index (κ1) is 7.34. The van der Waals surface area contributed by atoms with Gasteiger partial charge in [0.1, 0.15) is 0 Å². The summed E-state index contributed by atoms with van der Waals surface area (Å²) in [5.74, 6) is 0. The first-order chi connectivity index (χ1) is 4.93. The first-order valence-electron chi connectivity index (χ1n) is 4.01. The second-order valence-corrected chi connectivity index (χ2v) is 2.85. The van der Waals surface area contributed by atoms with Crippen molar-refractivity contribution in [2.24, 2.45) is 0 Å². The van der Waals surface area contributed by atoms with Gasteiger partial charge in [-0.15, -0.1) is 0 Å². The van der Waals surface area contributed by atoms with Crippen LogP contribution in [0.2, 0.25) is 0 Å². The Bertz CT molecular complexity index is 152. The van der Waals surface area contributed by atoms with Gasteiger partial charge in [-0.25, -0.2) is 0 Å². The second kappa shape index (κ2) is 4.11. The van der Waals surface area contributed by atoms with Crippen molar-refractivity contribution in [3.63, 3.8) is 0 Å². The molecule has 0 amide bonds. The molecule has 1 saturated carbocycles. The summed E-state index contributed by atoms with van der Waals surface area (Å²) in [5, 5.41) is 8.38. The zero-order valence-corrected chi connectivity index (χ0v) is 6.27. The van der Waals surface area contributed by atoms with Gasteiger partial charge in [0.2, 0.25) is 0 Å². The molecule has 0 aliphatic heterocycles. The topological polar surface area (TPSA) is 23.8 Å². The summed E-state index contributed by atoms with van der Waals surface area (Å²) in [6, 6.07) is 2.10. The number of rotatable bonds is 0. The highest BCUT2D eigenvalue weighted by atomic mass is 14.2. The molecule has 1 fully saturated rings. The van der Waals surface area contributed by atoms with Crippen LogP contribution >= 0.6 is 0 Å². The molecule has 0 bridgehead atoms. The van der Waals surface area contributed by atoms with E-state index in [-0.39, 0.29) is 0 Å². The lowest BCUT2D eigenvalue weighted by molar-refractivity contribution is 0.702. The highest BCUT2D eigenvalue weighted by molar-refractivity contribution is 5.13. The number of hydrogen-bond donors (Lipinski definition) is 0. The van der Waals surface area contributed by atoms with E-state index in [0.29, 0.717) is 0 Å². The fourth-order valence-electron chi connectivity index (χ4n) is 1.42. The smallest absolute Gasteiger partial charge is 0.0911 e. The van der Waals surface area contributed by atoms with Crippen LogP contribution < -0.4 is 0 Å². The summed E-state index contributed by atoms with van der Waals surface area (Å²) in [5.41, 5.74) is 1.36. The van der Waals surface area contributed by atoms with Crippen LogP contribution in [0.3, 0.4) is 0 Å². The third-order valence-corrected chi connectivity index (χ3v) is 2.01. The van der Waals surface area contributed by atoms with E-state index in [0.717, 1.165) is 12.8 Å². The molecule has 0 aromatic heterocycles. The normalized spacial score (nSPS) is 19.3. The van der Waals surface area contributed by atoms with Crippen molar-refractivity contribution in [3.05, 3.63) is 11.6 Å². The largest absolute Gasteiger partial charge is 0.193 e. The summed E-state index contributed by atoms with van der Waals surface area (Å²) in [6.45, 7) is 0. The Morgan fingerprint density at radius 2 is 1.70 bits per heavy atom. The molecule has 0 aromatic carbocycles. The van der Waals surface area contributed by atoms with Crippen LogP contribution in [-0.4, -0.2) is 0 Å². The van der Waals surface area contributed by atoms with Gasteiger partial charge in [0.05, 0.1) is 6.07 Å². The molecule has 0 radical (unpaired) electrons. The summed E-state index contributed by atoms with van der Waals surface area (Å²) in [4.78, 5) is 0. The fourth-order valence-corrected chi connectivity index (χ4v) is 1.42. The Morgan fingerprint density at radius 1 is 1.10 bits per heavy atom. The lowest BCUT2D eigenvalue weighted by Crippen LogP contribution is -1.78. The first-order valence-corrected chi connectivity index (χ1v) is 4.01. The van der Waals surface area contributed by atoms with E-state index >= 15 is 0 Å². The van der Waals surface area contributed by atoms with Gasteiger partial charge in [-0.05, 0) is 25.7 Å². The highest BCUT2D eigenvalue weighted by Crippen LogP contribution is 2.21. The van der Waals surface area contributed by atoms with Crippen LogP contribution in [0.4, 0.5) is 0 Å². The molecular weight excluding hydrogens is 122 g/mol. The molecular formula is C9H13N. The number of allylic oxidation sites excluding steroid dienone is 2. The number of nitriles is 1. The standard InChI is InChI=1S/C9H13N/c10-8-7-9-5-3-1-2-4-6-9/h7H,1-6H2. The van der Waals surface area contributed by atoms with E-state index in [1.54, 1.807) is 6.08 Å². The second-order valence-electron chi connectivity index (χ2n) is 2.85. The van der Waals surface area contributed by atoms with E-state index in [1.807, 2.05) is 0 Å². The van der Waals surface area contributed by atoms with Crippen LogP contribution in [0, 0.1) is 11.3 Å². The molecule has 0 spiro atoms. The zero-order chi connectivity index (χ0) is 7.23. The summed E-state index contributed by atoms with van der Waals surface area (Å²) in [7, 11) is 0. The van der Waals surface area contributed by atoms with Crippen LogP contribution in [0.1, 0.15) is 38.5 Å². The van der Waals surface area contributed by atoms with Crippen molar-refractivity contribution >= 4 is 0 Å². The predicted octanol–water partition coefficient (Wildman–Crippen LogP) is 2.79. The highest BCUT2D eigenvalue weighted by Gasteiger charge is 2.02. The van der Waals surface area contributed by atoms with E-state index in [9.17, 15) is 0 Å². The quantitative estimate of drug-likeness (QED) is 0.370. The maximum Gasteiger partial charge on any atom is 0.0911 e. The SMILES string of the molecule is N#CC=C1CCCCCC1. The molecule has 0 unspecified atom stereocenters. The van der Waals surface area contributed by atoms with Gasteiger partial charge in [0, 0.05) is 6.08 Å². The third-order valence-electron chi connectivity index (χ3n) is 2.01. The molecule has 54 valence electrons.